The van der Waals surface area contributed by atoms with Crippen LogP contribution in [0.15, 0.2) is 12.1 Å². The summed E-state index contributed by atoms with van der Waals surface area (Å²) in [6.45, 7) is 0.556. The average molecular weight is 251 g/mol. The molecule has 0 spiro atoms. The number of hydrogen-bond donors (Lipinski definition) is 2. The van der Waals surface area contributed by atoms with Gasteiger partial charge in [-0.3, -0.25) is 4.79 Å². The van der Waals surface area contributed by atoms with E-state index in [1.807, 2.05) is 0 Å². The van der Waals surface area contributed by atoms with Gasteiger partial charge in [0.05, 0.1) is 4.88 Å². The van der Waals surface area contributed by atoms with Crippen molar-refractivity contribution in [1.82, 2.24) is 5.32 Å². The van der Waals surface area contributed by atoms with E-state index in [9.17, 15) is 9.59 Å². The summed E-state index contributed by atoms with van der Waals surface area (Å²) in [6.07, 6.45) is 7.51. The molecule has 1 amide bonds. The van der Waals surface area contributed by atoms with Crippen molar-refractivity contribution in [3.8, 4) is 12.3 Å². The van der Waals surface area contributed by atoms with Crippen molar-refractivity contribution < 1.29 is 14.7 Å². The van der Waals surface area contributed by atoms with E-state index in [1.54, 1.807) is 0 Å². The molecule has 5 heteroatoms. The Kier molecular flexibility index (Phi) is 5.24. The van der Waals surface area contributed by atoms with E-state index in [0.717, 1.165) is 24.2 Å². The van der Waals surface area contributed by atoms with Gasteiger partial charge in [0.1, 0.15) is 4.88 Å². The summed E-state index contributed by atoms with van der Waals surface area (Å²) in [7, 11) is 0. The Balaban J connectivity index is 2.37. The van der Waals surface area contributed by atoms with Gasteiger partial charge < -0.3 is 10.4 Å². The van der Waals surface area contributed by atoms with E-state index in [0.29, 0.717) is 17.8 Å². The van der Waals surface area contributed by atoms with Crippen LogP contribution in [0.25, 0.3) is 0 Å². The maximum absolute atomic E-state index is 11.6. The predicted octanol–water partition coefficient (Wildman–Crippen LogP) is 1.98. The first-order chi connectivity index (χ1) is 8.15. The Labute approximate surface area is 104 Å². The largest absolute Gasteiger partial charge is 0.477 e. The minimum Gasteiger partial charge on any atom is -0.477 e. The summed E-state index contributed by atoms with van der Waals surface area (Å²) in [5.41, 5.74) is 0. The molecule has 0 atom stereocenters. The highest BCUT2D eigenvalue weighted by Gasteiger charge is 2.11. The molecule has 0 unspecified atom stereocenters. The Morgan fingerprint density at radius 3 is 2.65 bits per heavy atom. The first-order valence-corrected chi connectivity index (χ1v) is 6.01. The molecule has 0 saturated heterocycles. The van der Waals surface area contributed by atoms with Crippen molar-refractivity contribution in [3.05, 3.63) is 21.9 Å². The molecule has 0 saturated carbocycles. The van der Waals surface area contributed by atoms with Crippen molar-refractivity contribution in [2.45, 2.75) is 19.3 Å². The molecule has 0 bridgehead atoms. The van der Waals surface area contributed by atoms with E-state index in [4.69, 9.17) is 11.5 Å². The van der Waals surface area contributed by atoms with Crippen LogP contribution in [-0.4, -0.2) is 23.5 Å². The Bertz CT molecular complexity index is 445. The number of nitrogens with one attached hydrogen (secondary N) is 1. The molecular weight excluding hydrogens is 238 g/mol. The molecule has 2 N–H and O–H groups in total. The molecule has 17 heavy (non-hydrogen) atoms. The van der Waals surface area contributed by atoms with Gasteiger partial charge in [-0.2, -0.15) is 0 Å². The third kappa shape index (κ3) is 4.29. The van der Waals surface area contributed by atoms with Crippen LogP contribution in [0.1, 0.15) is 38.6 Å². The second-order valence-electron chi connectivity index (χ2n) is 3.39. The van der Waals surface area contributed by atoms with Crippen molar-refractivity contribution >= 4 is 23.2 Å². The van der Waals surface area contributed by atoms with Crippen LogP contribution in [0, 0.1) is 12.3 Å². The molecule has 1 aromatic heterocycles. The maximum Gasteiger partial charge on any atom is 0.345 e. The summed E-state index contributed by atoms with van der Waals surface area (Å²) in [6, 6.07) is 2.95. The number of carboxylic acids is 1. The highest BCUT2D eigenvalue weighted by Crippen LogP contribution is 2.16. The van der Waals surface area contributed by atoms with E-state index < -0.39 is 5.97 Å². The summed E-state index contributed by atoms with van der Waals surface area (Å²) >= 11 is 0.973. The van der Waals surface area contributed by atoms with Crippen molar-refractivity contribution in [2.24, 2.45) is 0 Å². The third-order valence-corrected chi connectivity index (χ3v) is 3.15. The monoisotopic (exact) mass is 251 g/mol. The molecule has 4 nitrogen and oxygen atoms in total. The second kappa shape index (κ2) is 6.71. The first-order valence-electron chi connectivity index (χ1n) is 5.20. The number of thiophene rings is 1. The van der Waals surface area contributed by atoms with Gasteiger partial charge in [-0.05, 0) is 25.0 Å². The van der Waals surface area contributed by atoms with Crippen LogP contribution >= 0.6 is 11.3 Å². The first kappa shape index (κ1) is 13.3. The average Bonchev–Trinajstić information content (AvgIpc) is 2.78. The smallest absolute Gasteiger partial charge is 0.345 e. The Hall–Kier alpha value is -1.80. The van der Waals surface area contributed by atoms with Gasteiger partial charge in [-0.25, -0.2) is 4.79 Å². The highest BCUT2D eigenvalue weighted by molar-refractivity contribution is 7.15. The fourth-order valence-electron chi connectivity index (χ4n) is 1.22. The number of rotatable bonds is 6. The molecular formula is C12H13NO3S. The molecule has 0 fully saturated rings. The van der Waals surface area contributed by atoms with Crippen LogP contribution in [-0.2, 0) is 0 Å². The van der Waals surface area contributed by atoms with Gasteiger partial charge in [0.25, 0.3) is 5.91 Å². The lowest BCUT2D eigenvalue weighted by atomic mass is 10.2. The van der Waals surface area contributed by atoms with Crippen LogP contribution in [0.3, 0.4) is 0 Å². The van der Waals surface area contributed by atoms with Gasteiger partial charge in [-0.1, -0.05) is 0 Å². The van der Waals surface area contributed by atoms with Gasteiger partial charge >= 0.3 is 5.97 Å². The van der Waals surface area contributed by atoms with Gasteiger partial charge in [0.2, 0.25) is 0 Å². The molecule has 1 aromatic rings. The Morgan fingerprint density at radius 1 is 1.35 bits per heavy atom. The molecule has 0 aliphatic heterocycles. The van der Waals surface area contributed by atoms with Crippen molar-refractivity contribution in [3.63, 3.8) is 0 Å². The zero-order valence-electron chi connectivity index (χ0n) is 9.23. The quantitative estimate of drug-likeness (QED) is 0.600. The number of aromatic carboxylic acids is 1. The topological polar surface area (TPSA) is 66.4 Å². The van der Waals surface area contributed by atoms with Crippen LogP contribution < -0.4 is 5.32 Å². The van der Waals surface area contributed by atoms with Crippen LogP contribution in [0.4, 0.5) is 0 Å². The fraction of sp³-hybridized carbons (Fsp3) is 0.333. The normalized spacial score (nSPS) is 9.59. The molecule has 0 aliphatic carbocycles. The lowest BCUT2D eigenvalue weighted by Gasteiger charge is -2.01. The molecule has 0 aliphatic rings. The molecule has 0 radical (unpaired) electrons. The summed E-state index contributed by atoms with van der Waals surface area (Å²) in [5, 5.41) is 11.4. The van der Waals surface area contributed by atoms with Gasteiger partial charge in [0.15, 0.2) is 0 Å². The van der Waals surface area contributed by atoms with Gasteiger partial charge in [-0.15, -0.1) is 23.7 Å². The van der Waals surface area contributed by atoms with Gasteiger partial charge in [0, 0.05) is 13.0 Å². The number of carbonyl (C=O) groups is 2. The zero-order valence-corrected chi connectivity index (χ0v) is 10.0. The van der Waals surface area contributed by atoms with E-state index in [1.165, 1.54) is 12.1 Å². The van der Waals surface area contributed by atoms with E-state index in [2.05, 4.69) is 11.2 Å². The molecule has 90 valence electrons. The van der Waals surface area contributed by atoms with Crippen molar-refractivity contribution in [1.29, 1.82) is 0 Å². The Morgan fingerprint density at radius 2 is 2.06 bits per heavy atom. The van der Waals surface area contributed by atoms with Crippen LogP contribution in [0.5, 0.6) is 0 Å². The van der Waals surface area contributed by atoms with Crippen molar-refractivity contribution in [2.75, 3.05) is 6.54 Å². The summed E-state index contributed by atoms with van der Waals surface area (Å²) < 4.78 is 0. The SMILES string of the molecule is C#CCCCCNC(=O)c1ccc(C(=O)O)s1. The molecule has 1 rings (SSSR count). The number of carboxylic acid groups (broad SMARTS) is 1. The lowest BCUT2D eigenvalue weighted by molar-refractivity contribution is 0.0702. The lowest BCUT2D eigenvalue weighted by Crippen LogP contribution is -2.23. The second-order valence-corrected chi connectivity index (χ2v) is 4.47. The number of carbonyl (C=O) groups excluding carboxylic acids is 1. The number of amides is 1. The van der Waals surface area contributed by atoms with Crippen LogP contribution in [0.2, 0.25) is 0 Å². The van der Waals surface area contributed by atoms with E-state index in [-0.39, 0.29) is 10.8 Å². The molecule has 1 heterocycles. The minimum absolute atomic E-state index is 0.169. The molecule has 0 aromatic carbocycles. The number of hydrogen-bond acceptors (Lipinski definition) is 3. The van der Waals surface area contributed by atoms with E-state index >= 15 is 0 Å². The zero-order chi connectivity index (χ0) is 12.7. The number of terminal acetylenes is 1. The summed E-state index contributed by atoms with van der Waals surface area (Å²) in [4.78, 5) is 22.8. The third-order valence-electron chi connectivity index (χ3n) is 2.07. The fourth-order valence-corrected chi connectivity index (χ4v) is 1.98. The standard InChI is InChI=1S/C12H13NO3S/c1-2-3-4-5-8-13-11(14)9-6-7-10(17-9)12(15)16/h1,6-7H,3-5,8H2,(H,13,14)(H,15,16). The highest BCUT2D eigenvalue weighted by atomic mass is 32.1. The number of unbranched alkanes of at least 4 members (excludes halogenated alkanes) is 2. The summed E-state index contributed by atoms with van der Waals surface area (Å²) in [5.74, 6) is 1.28. The maximum atomic E-state index is 11.6. The predicted molar refractivity (Wildman–Crippen MR) is 66.3 cm³/mol. The minimum atomic E-state index is -1.01.